The van der Waals surface area contributed by atoms with Gasteiger partial charge in [-0.15, -0.1) is 0 Å². The van der Waals surface area contributed by atoms with Crippen LogP contribution in [0.2, 0.25) is 0 Å². The smallest absolute Gasteiger partial charge is 0.0772 e. The Morgan fingerprint density at radius 3 is 3.17 bits per heavy atom. The Kier molecular flexibility index (Phi) is 1.80. The first-order chi connectivity index (χ1) is 5.90. The lowest BCUT2D eigenvalue weighted by Gasteiger charge is -1.89. The molecule has 2 aromatic rings. The van der Waals surface area contributed by atoms with Crippen LogP contribution < -0.4 is 5.32 Å². The van der Waals surface area contributed by atoms with Crippen molar-refractivity contribution in [3.8, 4) is 0 Å². The average Bonchev–Trinajstić information content (AvgIpc) is 2.47. The maximum Gasteiger partial charge on any atom is 0.0772 e. The quantitative estimate of drug-likeness (QED) is 0.713. The van der Waals surface area contributed by atoms with Gasteiger partial charge in [-0.05, 0) is 25.2 Å². The van der Waals surface area contributed by atoms with E-state index in [1.807, 2.05) is 36.0 Å². The van der Waals surface area contributed by atoms with Crippen LogP contribution in [0.1, 0.15) is 5.69 Å². The zero-order valence-corrected chi connectivity index (χ0v) is 6.99. The summed E-state index contributed by atoms with van der Waals surface area (Å²) in [5.74, 6) is 0. The summed E-state index contributed by atoms with van der Waals surface area (Å²) in [4.78, 5) is 0. The van der Waals surface area contributed by atoms with Gasteiger partial charge < -0.3 is 5.32 Å². The molecular weight excluding hydrogens is 150 g/mol. The van der Waals surface area contributed by atoms with Crippen molar-refractivity contribution in [2.75, 3.05) is 7.05 Å². The van der Waals surface area contributed by atoms with Crippen LogP contribution in [0.5, 0.6) is 0 Å². The van der Waals surface area contributed by atoms with Crippen molar-refractivity contribution in [1.29, 1.82) is 0 Å². The minimum atomic E-state index is 0.821. The van der Waals surface area contributed by atoms with E-state index in [9.17, 15) is 0 Å². The summed E-state index contributed by atoms with van der Waals surface area (Å²) < 4.78 is 1.88. The first-order valence-corrected chi connectivity index (χ1v) is 3.98. The van der Waals surface area contributed by atoms with Crippen LogP contribution in [-0.4, -0.2) is 16.7 Å². The van der Waals surface area contributed by atoms with E-state index in [0.717, 1.165) is 17.8 Å². The number of hydrogen-bond acceptors (Lipinski definition) is 2. The molecule has 0 spiro atoms. The van der Waals surface area contributed by atoms with Gasteiger partial charge in [0, 0.05) is 12.7 Å². The van der Waals surface area contributed by atoms with Crippen molar-refractivity contribution in [3.05, 3.63) is 36.2 Å². The lowest BCUT2D eigenvalue weighted by molar-refractivity contribution is 0.770. The van der Waals surface area contributed by atoms with Crippen LogP contribution in [0, 0.1) is 0 Å². The monoisotopic (exact) mass is 161 g/mol. The Morgan fingerprint density at radius 1 is 1.50 bits per heavy atom. The summed E-state index contributed by atoms with van der Waals surface area (Å²) in [6, 6.07) is 8.12. The van der Waals surface area contributed by atoms with Crippen molar-refractivity contribution in [1.82, 2.24) is 14.9 Å². The molecular formula is C9H11N3. The first kappa shape index (κ1) is 7.31. The topological polar surface area (TPSA) is 29.3 Å². The van der Waals surface area contributed by atoms with E-state index in [1.54, 1.807) is 0 Å². The number of hydrogen-bond donors (Lipinski definition) is 1. The highest BCUT2D eigenvalue weighted by molar-refractivity contribution is 5.46. The largest absolute Gasteiger partial charge is 0.314 e. The zero-order valence-electron chi connectivity index (χ0n) is 6.99. The molecule has 2 heterocycles. The molecule has 2 aromatic heterocycles. The lowest BCUT2D eigenvalue weighted by Crippen LogP contribution is -2.05. The average molecular weight is 161 g/mol. The maximum atomic E-state index is 4.36. The third-order valence-electron chi connectivity index (χ3n) is 1.78. The number of nitrogens with zero attached hydrogens (tertiary/aromatic N) is 2. The fourth-order valence-corrected chi connectivity index (χ4v) is 1.26. The van der Waals surface area contributed by atoms with Gasteiger partial charge in [-0.25, -0.2) is 4.52 Å². The minimum absolute atomic E-state index is 0.821. The van der Waals surface area contributed by atoms with Gasteiger partial charge in [-0.1, -0.05) is 6.07 Å². The SMILES string of the molecule is CNCc1cc2ccccn2n1. The molecule has 1 N–H and O–H groups in total. The van der Waals surface area contributed by atoms with Gasteiger partial charge >= 0.3 is 0 Å². The number of aromatic nitrogens is 2. The van der Waals surface area contributed by atoms with Gasteiger partial charge in [0.25, 0.3) is 0 Å². The fourth-order valence-electron chi connectivity index (χ4n) is 1.26. The molecule has 0 atom stereocenters. The summed E-state index contributed by atoms with van der Waals surface area (Å²) in [5, 5.41) is 7.43. The number of rotatable bonds is 2. The molecule has 3 nitrogen and oxygen atoms in total. The Labute approximate surface area is 71.0 Å². The maximum absolute atomic E-state index is 4.36. The van der Waals surface area contributed by atoms with Crippen molar-refractivity contribution >= 4 is 5.52 Å². The highest BCUT2D eigenvalue weighted by Gasteiger charge is 1.97. The molecule has 0 radical (unpaired) electrons. The molecule has 2 rings (SSSR count). The summed E-state index contributed by atoms with van der Waals surface area (Å²) in [7, 11) is 1.92. The molecule has 0 saturated carbocycles. The number of pyridine rings is 1. The second-order valence-electron chi connectivity index (χ2n) is 2.74. The molecule has 0 saturated heterocycles. The number of nitrogens with one attached hydrogen (secondary N) is 1. The Hall–Kier alpha value is -1.35. The summed E-state index contributed by atoms with van der Waals surface area (Å²) in [5.41, 5.74) is 2.21. The Morgan fingerprint density at radius 2 is 2.42 bits per heavy atom. The van der Waals surface area contributed by atoms with Gasteiger partial charge in [0.2, 0.25) is 0 Å². The van der Waals surface area contributed by atoms with Gasteiger partial charge in [0.1, 0.15) is 0 Å². The normalized spacial score (nSPS) is 10.8. The van der Waals surface area contributed by atoms with E-state index < -0.39 is 0 Å². The minimum Gasteiger partial charge on any atom is -0.314 e. The van der Waals surface area contributed by atoms with Crippen LogP contribution >= 0.6 is 0 Å². The predicted molar refractivity (Wildman–Crippen MR) is 48.0 cm³/mol. The third-order valence-corrected chi connectivity index (χ3v) is 1.78. The molecule has 0 amide bonds. The van der Waals surface area contributed by atoms with E-state index in [1.165, 1.54) is 0 Å². The fraction of sp³-hybridized carbons (Fsp3) is 0.222. The van der Waals surface area contributed by atoms with Gasteiger partial charge in [-0.2, -0.15) is 5.10 Å². The second kappa shape index (κ2) is 2.95. The third kappa shape index (κ3) is 1.19. The highest BCUT2D eigenvalue weighted by atomic mass is 15.2. The molecule has 12 heavy (non-hydrogen) atoms. The van der Waals surface area contributed by atoms with E-state index in [4.69, 9.17) is 0 Å². The highest BCUT2D eigenvalue weighted by Crippen LogP contribution is 2.04. The molecule has 0 unspecified atom stereocenters. The summed E-state index contributed by atoms with van der Waals surface area (Å²) >= 11 is 0. The second-order valence-corrected chi connectivity index (χ2v) is 2.74. The first-order valence-electron chi connectivity index (χ1n) is 3.98. The van der Waals surface area contributed by atoms with Crippen LogP contribution in [0.25, 0.3) is 5.52 Å². The molecule has 0 aromatic carbocycles. The van der Waals surface area contributed by atoms with Crippen LogP contribution in [0.3, 0.4) is 0 Å². The van der Waals surface area contributed by atoms with Gasteiger partial charge in [0.05, 0.1) is 11.2 Å². The van der Waals surface area contributed by atoms with Crippen LogP contribution in [-0.2, 0) is 6.54 Å². The van der Waals surface area contributed by atoms with Crippen molar-refractivity contribution in [2.24, 2.45) is 0 Å². The van der Waals surface area contributed by atoms with Crippen LogP contribution in [0.15, 0.2) is 30.5 Å². The van der Waals surface area contributed by atoms with Crippen molar-refractivity contribution < 1.29 is 0 Å². The molecule has 0 aliphatic heterocycles. The van der Waals surface area contributed by atoms with Gasteiger partial charge in [0.15, 0.2) is 0 Å². The molecule has 62 valence electrons. The Balaban J connectivity index is 2.47. The Bertz CT molecular complexity index is 345. The van der Waals surface area contributed by atoms with E-state index in [2.05, 4.69) is 16.5 Å². The molecule has 0 fully saturated rings. The van der Waals surface area contributed by atoms with E-state index in [0.29, 0.717) is 0 Å². The lowest BCUT2D eigenvalue weighted by atomic mass is 10.3. The van der Waals surface area contributed by atoms with Crippen molar-refractivity contribution in [3.63, 3.8) is 0 Å². The van der Waals surface area contributed by atoms with Crippen molar-refractivity contribution in [2.45, 2.75) is 6.54 Å². The van der Waals surface area contributed by atoms with E-state index >= 15 is 0 Å². The molecule has 3 heteroatoms. The summed E-state index contributed by atoms with van der Waals surface area (Å²) in [6.07, 6.45) is 1.95. The van der Waals surface area contributed by atoms with Crippen LogP contribution in [0.4, 0.5) is 0 Å². The van der Waals surface area contributed by atoms with E-state index in [-0.39, 0.29) is 0 Å². The number of fused-ring (bicyclic) bond motifs is 1. The summed E-state index contributed by atoms with van der Waals surface area (Å²) in [6.45, 7) is 0.821. The predicted octanol–water partition coefficient (Wildman–Crippen LogP) is 1.05. The standard InChI is InChI=1S/C9H11N3/c1-10-7-8-6-9-4-2-3-5-12(9)11-8/h2-6,10H,7H2,1H3. The zero-order chi connectivity index (χ0) is 8.39. The molecule has 0 bridgehead atoms. The molecule has 0 aliphatic carbocycles. The molecule has 0 aliphatic rings. The van der Waals surface area contributed by atoms with Gasteiger partial charge in [-0.3, -0.25) is 0 Å².